The molecule has 6 nitrogen and oxygen atoms in total. The van der Waals surface area contributed by atoms with Crippen molar-refractivity contribution < 1.29 is 4.74 Å². The van der Waals surface area contributed by atoms with Gasteiger partial charge >= 0.3 is 0 Å². The third-order valence-corrected chi connectivity index (χ3v) is 3.01. The molecule has 0 spiro atoms. The summed E-state index contributed by atoms with van der Waals surface area (Å²) >= 11 is 0. The zero-order valence-corrected chi connectivity index (χ0v) is 12.1. The van der Waals surface area contributed by atoms with Gasteiger partial charge in [0.2, 0.25) is 11.8 Å². The summed E-state index contributed by atoms with van der Waals surface area (Å²) in [6.45, 7) is 4.92. The average Bonchev–Trinajstić information content (AvgIpc) is 2.94. The molecule has 21 heavy (non-hydrogen) atoms. The van der Waals surface area contributed by atoms with Crippen LogP contribution in [0.3, 0.4) is 0 Å². The first-order valence-electron chi connectivity index (χ1n) is 6.96. The monoisotopic (exact) mass is 283 g/mol. The van der Waals surface area contributed by atoms with Crippen molar-refractivity contribution in [3.05, 3.63) is 36.0 Å². The molecule has 0 aliphatic heterocycles. The normalized spacial score (nSPS) is 10.8. The largest absolute Gasteiger partial charge is 0.438 e. The molecule has 0 aliphatic carbocycles. The number of ether oxygens (including phenoxy) is 1. The summed E-state index contributed by atoms with van der Waals surface area (Å²) < 4.78 is 5.90. The Bertz CT molecular complexity index is 753. The first kappa shape index (κ1) is 13.4. The Hall–Kier alpha value is -2.63. The van der Waals surface area contributed by atoms with Gasteiger partial charge < -0.3 is 10.1 Å². The Morgan fingerprint density at radius 1 is 1.29 bits per heavy atom. The summed E-state index contributed by atoms with van der Waals surface area (Å²) in [5.74, 6) is 1.78. The number of aromatic amines is 1. The quantitative estimate of drug-likeness (QED) is 0.751. The number of H-pyrrole nitrogens is 1. The highest BCUT2D eigenvalue weighted by Gasteiger charge is 2.11. The molecular formula is C15H17N5O. The van der Waals surface area contributed by atoms with Crippen LogP contribution in [0.2, 0.25) is 0 Å². The second-order valence-electron chi connectivity index (χ2n) is 4.83. The van der Waals surface area contributed by atoms with E-state index in [1.165, 1.54) is 0 Å². The minimum Gasteiger partial charge on any atom is -0.438 e. The maximum absolute atomic E-state index is 5.90. The standard InChI is InChI=1S/C15H17N5O/c1-3-7-16-15-18-13-12(9-17-20-13)14(19-15)21-11-6-4-5-10(2)8-11/h4-6,8-9H,3,7H2,1-2H3,(H2,16,17,18,19,20). The second-order valence-corrected chi connectivity index (χ2v) is 4.83. The summed E-state index contributed by atoms with van der Waals surface area (Å²) in [7, 11) is 0. The first-order chi connectivity index (χ1) is 10.3. The fraction of sp³-hybridized carbons (Fsp3) is 0.267. The van der Waals surface area contributed by atoms with Crippen molar-refractivity contribution in [2.45, 2.75) is 20.3 Å². The minimum absolute atomic E-state index is 0.498. The van der Waals surface area contributed by atoms with Crippen molar-refractivity contribution in [2.24, 2.45) is 0 Å². The number of aryl methyl sites for hydroxylation is 1. The van der Waals surface area contributed by atoms with E-state index in [4.69, 9.17) is 4.74 Å². The fourth-order valence-corrected chi connectivity index (χ4v) is 1.99. The van der Waals surface area contributed by atoms with Crippen LogP contribution in [-0.4, -0.2) is 26.7 Å². The van der Waals surface area contributed by atoms with E-state index in [1.807, 2.05) is 31.2 Å². The summed E-state index contributed by atoms with van der Waals surface area (Å²) in [6, 6.07) is 7.84. The van der Waals surface area contributed by atoms with Crippen LogP contribution in [0.15, 0.2) is 30.5 Å². The molecule has 0 fully saturated rings. The molecule has 0 amide bonds. The lowest BCUT2D eigenvalue weighted by molar-refractivity contribution is 0.468. The van der Waals surface area contributed by atoms with Gasteiger partial charge in [0.1, 0.15) is 11.1 Å². The molecule has 0 saturated heterocycles. The highest BCUT2D eigenvalue weighted by molar-refractivity contribution is 5.80. The molecule has 0 radical (unpaired) electrons. The zero-order chi connectivity index (χ0) is 14.7. The third kappa shape index (κ3) is 2.94. The van der Waals surface area contributed by atoms with Crippen molar-refractivity contribution in [1.29, 1.82) is 0 Å². The number of nitrogens with zero attached hydrogens (tertiary/aromatic N) is 3. The highest BCUT2D eigenvalue weighted by Crippen LogP contribution is 2.27. The Balaban J connectivity index is 1.97. The van der Waals surface area contributed by atoms with Crippen LogP contribution < -0.4 is 10.1 Å². The van der Waals surface area contributed by atoms with Crippen LogP contribution in [0.5, 0.6) is 11.6 Å². The number of hydrogen-bond acceptors (Lipinski definition) is 5. The van der Waals surface area contributed by atoms with Crippen LogP contribution in [0, 0.1) is 6.92 Å². The summed E-state index contributed by atoms with van der Waals surface area (Å²) in [5.41, 5.74) is 1.79. The van der Waals surface area contributed by atoms with Crippen LogP contribution in [0.4, 0.5) is 5.95 Å². The van der Waals surface area contributed by atoms with Crippen LogP contribution in [0.1, 0.15) is 18.9 Å². The number of rotatable bonds is 5. The van der Waals surface area contributed by atoms with Crippen molar-refractivity contribution in [1.82, 2.24) is 20.2 Å². The maximum atomic E-state index is 5.90. The fourth-order valence-electron chi connectivity index (χ4n) is 1.99. The second kappa shape index (κ2) is 5.78. The molecule has 0 aliphatic rings. The molecule has 0 atom stereocenters. The zero-order valence-electron chi connectivity index (χ0n) is 12.1. The van der Waals surface area contributed by atoms with Gasteiger partial charge in [0.15, 0.2) is 5.65 Å². The molecule has 1 aromatic carbocycles. The van der Waals surface area contributed by atoms with E-state index in [9.17, 15) is 0 Å². The van der Waals surface area contributed by atoms with Gasteiger partial charge in [-0.3, -0.25) is 5.10 Å². The molecule has 2 heterocycles. The van der Waals surface area contributed by atoms with Crippen molar-refractivity contribution in [3.8, 4) is 11.6 Å². The number of hydrogen-bond donors (Lipinski definition) is 2. The summed E-state index contributed by atoms with van der Waals surface area (Å²) in [4.78, 5) is 8.80. The third-order valence-electron chi connectivity index (χ3n) is 3.01. The molecular weight excluding hydrogens is 266 g/mol. The smallest absolute Gasteiger partial charge is 0.235 e. The highest BCUT2D eigenvalue weighted by atomic mass is 16.5. The van der Waals surface area contributed by atoms with Crippen LogP contribution >= 0.6 is 0 Å². The Morgan fingerprint density at radius 3 is 3.00 bits per heavy atom. The van der Waals surface area contributed by atoms with E-state index in [0.29, 0.717) is 17.5 Å². The van der Waals surface area contributed by atoms with Gasteiger partial charge in [0.25, 0.3) is 0 Å². The molecule has 0 unspecified atom stereocenters. The Labute approximate surface area is 122 Å². The van der Waals surface area contributed by atoms with Gasteiger partial charge in [-0.1, -0.05) is 19.1 Å². The van der Waals surface area contributed by atoms with Crippen LogP contribution in [0.25, 0.3) is 11.0 Å². The van der Waals surface area contributed by atoms with Gasteiger partial charge in [-0.05, 0) is 31.0 Å². The van der Waals surface area contributed by atoms with Gasteiger partial charge in [-0.25, -0.2) is 0 Å². The van der Waals surface area contributed by atoms with Gasteiger partial charge in [0, 0.05) is 6.54 Å². The number of fused-ring (bicyclic) bond motifs is 1. The van der Waals surface area contributed by atoms with Gasteiger partial charge in [0.05, 0.1) is 6.20 Å². The summed E-state index contributed by atoms with van der Waals surface area (Å²) in [6.07, 6.45) is 2.67. The average molecular weight is 283 g/mol. The lowest BCUT2D eigenvalue weighted by Gasteiger charge is -2.09. The van der Waals surface area contributed by atoms with Gasteiger partial charge in [-0.15, -0.1) is 0 Å². The van der Waals surface area contributed by atoms with E-state index >= 15 is 0 Å². The van der Waals surface area contributed by atoms with Crippen molar-refractivity contribution in [2.75, 3.05) is 11.9 Å². The number of aromatic nitrogens is 4. The van der Waals surface area contributed by atoms with E-state index in [2.05, 4.69) is 32.4 Å². The SMILES string of the molecule is CCCNc1nc(Oc2cccc(C)c2)c2cn[nH]c2n1. The molecule has 6 heteroatoms. The molecule has 0 bridgehead atoms. The van der Waals surface area contributed by atoms with E-state index in [1.54, 1.807) is 6.20 Å². The van der Waals surface area contributed by atoms with Crippen molar-refractivity contribution >= 4 is 17.0 Å². The number of anilines is 1. The van der Waals surface area contributed by atoms with Gasteiger partial charge in [-0.2, -0.15) is 15.1 Å². The topological polar surface area (TPSA) is 75.7 Å². The number of nitrogens with one attached hydrogen (secondary N) is 2. The lowest BCUT2D eigenvalue weighted by Crippen LogP contribution is -2.05. The van der Waals surface area contributed by atoms with Crippen LogP contribution in [-0.2, 0) is 0 Å². The minimum atomic E-state index is 0.498. The Morgan fingerprint density at radius 2 is 2.19 bits per heavy atom. The number of benzene rings is 1. The molecule has 2 N–H and O–H groups in total. The molecule has 108 valence electrons. The maximum Gasteiger partial charge on any atom is 0.235 e. The van der Waals surface area contributed by atoms with E-state index < -0.39 is 0 Å². The lowest BCUT2D eigenvalue weighted by atomic mass is 10.2. The predicted molar refractivity (Wildman–Crippen MR) is 81.7 cm³/mol. The van der Waals surface area contributed by atoms with E-state index in [-0.39, 0.29) is 0 Å². The Kier molecular flexibility index (Phi) is 3.68. The summed E-state index contributed by atoms with van der Waals surface area (Å²) in [5, 5.41) is 10.8. The molecule has 2 aromatic heterocycles. The van der Waals surface area contributed by atoms with E-state index in [0.717, 1.165) is 29.7 Å². The molecule has 0 saturated carbocycles. The molecule has 3 rings (SSSR count). The predicted octanol–water partition coefficient (Wildman–Crippen LogP) is 3.28. The molecule has 3 aromatic rings. The first-order valence-corrected chi connectivity index (χ1v) is 6.96. The van der Waals surface area contributed by atoms with Crippen molar-refractivity contribution in [3.63, 3.8) is 0 Å².